The molecule has 0 saturated carbocycles. The number of hydrogen-bond donors (Lipinski definition) is 1. The third-order valence-electron chi connectivity index (χ3n) is 4.39. The molecule has 0 radical (unpaired) electrons. The van der Waals surface area contributed by atoms with Crippen LogP contribution in [0.5, 0.6) is 5.75 Å². The van der Waals surface area contributed by atoms with Crippen molar-refractivity contribution >= 4 is 22.9 Å². The van der Waals surface area contributed by atoms with E-state index >= 15 is 0 Å². The average molecular weight is 352 g/mol. The Morgan fingerprint density at radius 3 is 2.58 bits per heavy atom. The van der Waals surface area contributed by atoms with Crippen molar-refractivity contribution in [3.8, 4) is 5.75 Å². The number of methoxy groups -OCH3 is 1. The molecule has 1 aliphatic rings. The number of nitrogens with one attached hydrogen (secondary N) is 1. The fourth-order valence-corrected chi connectivity index (χ4v) is 2.96. The molecule has 0 unspecified atom stereocenters. The molecule has 2 aromatic rings. The van der Waals surface area contributed by atoms with Gasteiger partial charge in [0, 0.05) is 24.9 Å². The first-order valence-corrected chi connectivity index (χ1v) is 8.73. The van der Waals surface area contributed by atoms with Gasteiger partial charge in [0.2, 0.25) is 5.91 Å². The van der Waals surface area contributed by atoms with Crippen molar-refractivity contribution in [3.05, 3.63) is 60.2 Å². The van der Waals surface area contributed by atoms with E-state index in [4.69, 9.17) is 9.47 Å². The number of allylic oxidation sites excluding steroid dienone is 1. The van der Waals surface area contributed by atoms with Crippen LogP contribution in [0, 0.1) is 0 Å². The topological polar surface area (TPSA) is 50.8 Å². The maximum absolute atomic E-state index is 12.5. The molecule has 1 fully saturated rings. The van der Waals surface area contributed by atoms with Crippen molar-refractivity contribution in [1.82, 2.24) is 0 Å². The number of anilines is 2. The molecule has 1 saturated heterocycles. The quantitative estimate of drug-likeness (QED) is 0.836. The highest BCUT2D eigenvalue weighted by molar-refractivity contribution is 6.04. The van der Waals surface area contributed by atoms with Gasteiger partial charge in [-0.15, -0.1) is 0 Å². The SMILES string of the molecule is COc1ccc(N2CCOCC2)cc1NC(=O)/C=C(\C)c1ccccc1. The van der Waals surface area contributed by atoms with Crippen LogP contribution in [0.4, 0.5) is 11.4 Å². The highest BCUT2D eigenvalue weighted by Crippen LogP contribution is 2.30. The first-order chi connectivity index (χ1) is 12.7. The van der Waals surface area contributed by atoms with Crippen molar-refractivity contribution in [3.63, 3.8) is 0 Å². The summed E-state index contributed by atoms with van der Waals surface area (Å²) in [5.41, 5.74) is 3.65. The Bertz CT molecular complexity index is 781. The van der Waals surface area contributed by atoms with Gasteiger partial charge < -0.3 is 19.7 Å². The first-order valence-electron chi connectivity index (χ1n) is 8.73. The number of ether oxygens (including phenoxy) is 2. The normalized spacial score (nSPS) is 14.8. The zero-order valence-corrected chi connectivity index (χ0v) is 15.2. The minimum Gasteiger partial charge on any atom is -0.495 e. The van der Waals surface area contributed by atoms with Crippen molar-refractivity contribution in [1.29, 1.82) is 0 Å². The van der Waals surface area contributed by atoms with Gasteiger partial charge in [0.25, 0.3) is 0 Å². The highest BCUT2D eigenvalue weighted by atomic mass is 16.5. The van der Waals surface area contributed by atoms with Crippen LogP contribution in [0.3, 0.4) is 0 Å². The molecule has 1 N–H and O–H groups in total. The Morgan fingerprint density at radius 2 is 1.88 bits per heavy atom. The summed E-state index contributed by atoms with van der Waals surface area (Å²) in [6, 6.07) is 15.7. The van der Waals surface area contributed by atoms with Gasteiger partial charge >= 0.3 is 0 Å². The molecule has 1 heterocycles. The van der Waals surface area contributed by atoms with Crippen LogP contribution in [-0.4, -0.2) is 39.3 Å². The van der Waals surface area contributed by atoms with Crippen LogP contribution in [0.1, 0.15) is 12.5 Å². The van der Waals surface area contributed by atoms with Gasteiger partial charge in [-0.05, 0) is 36.3 Å². The van der Waals surface area contributed by atoms with Gasteiger partial charge in [-0.1, -0.05) is 30.3 Å². The summed E-state index contributed by atoms with van der Waals surface area (Å²) in [5.74, 6) is 0.463. The Hall–Kier alpha value is -2.79. The average Bonchev–Trinajstić information content (AvgIpc) is 2.69. The molecule has 0 aromatic heterocycles. The van der Waals surface area contributed by atoms with Crippen molar-refractivity contribution in [2.45, 2.75) is 6.92 Å². The molecule has 0 spiro atoms. The summed E-state index contributed by atoms with van der Waals surface area (Å²) < 4.78 is 10.8. The smallest absolute Gasteiger partial charge is 0.248 e. The molecule has 0 bridgehead atoms. The Morgan fingerprint density at radius 1 is 1.15 bits per heavy atom. The van der Waals surface area contributed by atoms with E-state index in [2.05, 4.69) is 10.2 Å². The molecule has 3 rings (SSSR count). The van der Waals surface area contributed by atoms with E-state index in [1.807, 2.05) is 55.5 Å². The number of nitrogens with zero attached hydrogens (tertiary/aromatic N) is 1. The third kappa shape index (κ3) is 4.43. The zero-order valence-electron chi connectivity index (χ0n) is 15.2. The third-order valence-corrected chi connectivity index (χ3v) is 4.39. The first kappa shape index (κ1) is 18.0. The zero-order chi connectivity index (χ0) is 18.4. The fourth-order valence-electron chi connectivity index (χ4n) is 2.96. The van der Waals surface area contributed by atoms with Crippen LogP contribution < -0.4 is 15.0 Å². The second-order valence-corrected chi connectivity index (χ2v) is 6.17. The Balaban J connectivity index is 1.78. The van der Waals surface area contributed by atoms with E-state index in [0.717, 1.165) is 29.9 Å². The summed E-state index contributed by atoms with van der Waals surface area (Å²) in [4.78, 5) is 14.7. The van der Waals surface area contributed by atoms with Crippen LogP contribution in [0.2, 0.25) is 0 Å². The van der Waals surface area contributed by atoms with Gasteiger partial charge in [-0.25, -0.2) is 0 Å². The summed E-state index contributed by atoms with van der Waals surface area (Å²) in [7, 11) is 1.60. The number of carbonyl (C=O) groups excluding carboxylic acids is 1. The number of rotatable bonds is 5. The molecule has 0 aliphatic carbocycles. The summed E-state index contributed by atoms with van der Waals surface area (Å²) >= 11 is 0. The van der Waals surface area contributed by atoms with E-state index in [1.165, 1.54) is 0 Å². The largest absolute Gasteiger partial charge is 0.495 e. The lowest BCUT2D eigenvalue weighted by Gasteiger charge is -2.29. The number of carbonyl (C=O) groups is 1. The molecule has 1 amide bonds. The van der Waals surface area contributed by atoms with Crippen molar-refractivity contribution in [2.24, 2.45) is 0 Å². The van der Waals surface area contributed by atoms with Gasteiger partial charge in [0.15, 0.2) is 0 Å². The fraction of sp³-hybridized carbons (Fsp3) is 0.286. The molecular formula is C21H24N2O3. The van der Waals surface area contributed by atoms with E-state index in [9.17, 15) is 4.79 Å². The second-order valence-electron chi connectivity index (χ2n) is 6.17. The molecule has 26 heavy (non-hydrogen) atoms. The number of amides is 1. The number of morpholine rings is 1. The number of benzene rings is 2. The lowest BCUT2D eigenvalue weighted by molar-refractivity contribution is -0.111. The van der Waals surface area contributed by atoms with Crippen LogP contribution >= 0.6 is 0 Å². The van der Waals surface area contributed by atoms with E-state index in [0.29, 0.717) is 24.7 Å². The van der Waals surface area contributed by atoms with Gasteiger partial charge in [-0.3, -0.25) is 4.79 Å². The number of hydrogen-bond acceptors (Lipinski definition) is 4. The molecule has 136 valence electrons. The summed E-state index contributed by atoms with van der Waals surface area (Å²) in [6.07, 6.45) is 1.61. The van der Waals surface area contributed by atoms with Gasteiger partial charge in [0.05, 0.1) is 26.0 Å². The van der Waals surface area contributed by atoms with Gasteiger partial charge in [0.1, 0.15) is 5.75 Å². The lowest BCUT2D eigenvalue weighted by atomic mass is 10.1. The maximum Gasteiger partial charge on any atom is 0.248 e. The maximum atomic E-state index is 12.5. The summed E-state index contributed by atoms with van der Waals surface area (Å²) in [6.45, 7) is 5.04. The predicted molar refractivity (Wildman–Crippen MR) is 105 cm³/mol. The molecule has 5 nitrogen and oxygen atoms in total. The Kier molecular flexibility index (Phi) is 5.92. The second kappa shape index (κ2) is 8.54. The van der Waals surface area contributed by atoms with E-state index in [1.54, 1.807) is 13.2 Å². The predicted octanol–water partition coefficient (Wildman–Crippen LogP) is 3.57. The Labute approximate surface area is 154 Å². The molecule has 1 aliphatic heterocycles. The van der Waals surface area contributed by atoms with Crippen molar-refractivity contribution in [2.75, 3.05) is 43.6 Å². The van der Waals surface area contributed by atoms with Crippen LogP contribution in [0.15, 0.2) is 54.6 Å². The van der Waals surface area contributed by atoms with E-state index < -0.39 is 0 Å². The van der Waals surface area contributed by atoms with E-state index in [-0.39, 0.29) is 5.91 Å². The highest BCUT2D eigenvalue weighted by Gasteiger charge is 2.14. The monoisotopic (exact) mass is 352 g/mol. The molecule has 0 atom stereocenters. The molecular weight excluding hydrogens is 328 g/mol. The lowest BCUT2D eigenvalue weighted by Crippen LogP contribution is -2.36. The summed E-state index contributed by atoms with van der Waals surface area (Å²) in [5, 5.41) is 2.94. The van der Waals surface area contributed by atoms with Crippen LogP contribution in [0.25, 0.3) is 5.57 Å². The minimum atomic E-state index is -0.177. The standard InChI is InChI=1S/C21H24N2O3/c1-16(17-6-4-3-5-7-17)14-21(24)22-19-15-18(8-9-20(19)25-2)23-10-12-26-13-11-23/h3-9,14-15H,10-13H2,1-2H3,(H,22,24)/b16-14+. The minimum absolute atomic E-state index is 0.177. The van der Waals surface area contributed by atoms with Crippen LogP contribution in [-0.2, 0) is 9.53 Å². The molecule has 5 heteroatoms. The molecule has 2 aromatic carbocycles. The van der Waals surface area contributed by atoms with Crippen molar-refractivity contribution < 1.29 is 14.3 Å². The van der Waals surface area contributed by atoms with Gasteiger partial charge in [-0.2, -0.15) is 0 Å².